The van der Waals surface area contributed by atoms with Crippen molar-refractivity contribution in [1.29, 1.82) is 0 Å². The third-order valence-corrected chi connectivity index (χ3v) is 3.09. The third-order valence-electron chi connectivity index (χ3n) is 2.47. The molecule has 0 aromatic heterocycles. The zero-order chi connectivity index (χ0) is 14.7. The maximum atomic E-state index is 13.5. The predicted octanol–water partition coefficient (Wildman–Crippen LogP) is 3.09. The summed E-state index contributed by atoms with van der Waals surface area (Å²) in [4.78, 5) is 22.4. The van der Waals surface area contributed by atoms with Crippen molar-refractivity contribution in [3.05, 3.63) is 39.4 Å². The number of carbonyl (C=O) groups is 2. The van der Waals surface area contributed by atoms with Gasteiger partial charge in [0.25, 0.3) is 5.91 Å². The van der Waals surface area contributed by atoms with Crippen LogP contribution >= 0.6 is 15.9 Å². The van der Waals surface area contributed by atoms with Gasteiger partial charge in [0.1, 0.15) is 5.82 Å². The van der Waals surface area contributed by atoms with Crippen LogP contribution < -0.4 is 5.32 Å². The second-order valence-corrected chi connectivity index (χ2v) is 4.61. The van der Waals surface area contributed by atoms with Crippen LogP contribution in [0.25, 0.3) is 0 Å². The van der Waals surface area contributed by atoms with Gasteiger partial charge in [-0.1, -0.05) is 0 Å². The number of rotatable bonds is 3. The normalized spacial score (nSPS) is 11.8. The SMILES string of the molecule is CC(C(=O)O)=C(C)C(=O)Nc1c(F)cc(F)cc1Br. The summed E-state index contributed by atoms with van der Waals surface area (Å²) in [6.45, 7) is 2.56. The first-order chi connectivity index (χ1) is 8.73. The number of anilines is 1. The number of amides is 1. The molecule has 0 atom stereocenters. The average Bonchev–Trinajstić information content (AvgIpc) is 2.31. The number of aliphatic carboxylic acids is 1. The smallest absolute Gasteiger partial charge is 0.331 e. The molecule has 1 aromatic carbocycles. The Labute approximate surface area is 116 Å². The van der Waals surface area contributed by atoms with E-state index in [1.54, 1.807) is 0 Å². The van der Waals surface area contributed by atoms with Crippen molar-refractivity contribution < 1.29 is 23.5 Å². The summed E-state index contributed by atoms with van der Waals surface area (Å²) in [5.41, 5.74) is -0.469. The minimum absolute atomic E-state index is 0.0270. The van der Waals surface area contributed by atoms with Gasteiger partial charge < -0.3 is 10.4 Å². The number of carboxylic acids is 1. The van der Waals surface area contributed by atoms with Crippen molar-refractivity contribution in [2.24, 2.45) is 0 Å². The van der Waals surface area contributed by atoms with Crippen molar-refractivity contribution in [3.8, 4) is 0 Å². The Balaban J connectivity index is 3.08. The molecule has 0 aliphatic rings. The van der Waals surface area contributed by atoms with Crippen LogP contribution in [0, 0.1) is 11.6 Å². The molecule has 0 spiro atoms. The van der Waals surface area contributed by atoms with Gasteiger partial charge in [-0.25, -0.2) is 13.6 Å². The van der Waals surface area contributed by atoms with E-state index in [2.05, 4.69) is 21.2 Å². The van der Waals surface area contributed by atoms with Crippen LogP contribution in [-0.4, -0.2) is 17.0 Å². The van der Waals surface area contributed by atoms with E-state index in [-0.39, 0.29) is 21.3 Å². The fourth-order valence-corrected chi connectivity index (χ4v) is 1.71. The van der Waals surface area contributed by atoms with Gasteiger partial charge in [-0.2, -0.15) is 0 Å². The molecule has 19 heavy (non-hydrogen) atoms. The van der Waals surface area contributed by atoms with Gasteiger partial charge in [0, 0.05) is 21.7 Å². The fraction of sp³-hybridized carbons (Fsp3) is 0.167. The Morgan fingerprint density at radius 1 is 1.21 bits per heavy atom. The monoisotopic (exact) mass is 333 g/mol. The summed E-state index contributed by atoms with van der Waals surface area (Å²) in [5, 5.41) is 10.9. The first-order valence-electron chi connectivity index (χ1n) is 5.10. The molecule has 0 unspecified atom stereocenters. The molecule has 1 amide bonds. The second-order valence-electron chi connectivity index (χ2n) is 3.75. The molecule has 0 saturated heterocycles. The Morgan fingerprint density at radius 3 is 2.26 bits per heavy atom. The largest absolute Gasteiger partial charge is 0.478 e. The fourth-order valence-electron chi connectivity index (χ4n) is 1.20. The number of carbonyl (C=O) groups excluding carboxylic acids is 1. The van der Waals surface area contributed by atoms with Gasteiger partial charge in [0.05, 0.1) is 5.69 Å². The maximum Gasteiger partial charge on any atom is 0.331 e. The minimum atomic E-state index is -1.24. The zero-order valence-corrected chi connectivity index (χ0v) is 11.6. The van der Waals surface area contributed by atoms with E-state index >= 15 is 0 Å². The Kier molecular flexibility index (Phi) is 4.77. The Hall–Kier alpha value is -1.76. The van der Waals surface area contributed by atoms with Gasteiger partial charge in [-0.05, 0) is 35.8 Å². The zero-order valence-electron chi connectivity index (χ0n) is 10.1. The summed E-state index contributed by atoms with van der Waals surface area (Å²) in [5.74, 6) is -3.77. The summed E-state index contributed by atoms with van der Waals surface area (Å²) in [6, 6.07) is 1.60. The molecule has 0 aliphatic carbocycles. The highest BCUT2D eigenvalue weighted by Crippen LogP contribution is 2.27. The molecule has 1 aromatic rings. The van der Waals surface area contributed by atoms with Gasteiger partial charge in [-0.3, -0.25) is 4.79 Å². The summed E-state index contributed by atoms with van der Waals surface area (Å²) < 4.78 is 26.4. The van der Waals surface area contributed by atoms with Gasteiger partial charge in [-0.15, -0.1) is 0 Å². The summed E-state index contributed by atoms with van der Waals surface area (Å²) in [6.07, 6.45) is 0. The maximum absolute atomic E-state index is 13.5. The van der Waals surface area contributed by atoms with Crippen LogP contribution in [0.15, 0.2) is 27.8 Å². The van der Waals surface area contributed by atoms with E-state index in [1.165, 1.54) is 13.8 Å². The van der Waals surface area contributed by atoms with Crippen LogP contribution in [0.5, 0.6) is 0 Å². The molecular weight excluding hydrogens is 324 g/mol. The first kappa shape index (κ1) is 15.3. The number of hydrogen-bond acceptors (Lipinski definition) is 2. The van der Waals surface area contributed by atoms with Crippen LogP contribution in [0.4, 0.5) is 14.5 Å². The molecule has 1 rings (SSSR count). The van der Waals surface area contributed by atoms with E-state index in [4.69, 9.17) is 5.11 Å². The van der Waals surface area contributed by atoms with E-state index in [0.29, 0.717) is 6.07 Å². The van der Waals surface area contributed by atoms with Crippen LogP contribution in [-0.2, 0) is 9.59 Å². The van der Waals surface area contributed by atoms with Crippen molar-refractivity contribution in [1.82, 2.24) is 0 Å². The molecule has 7 heteroatoms. The number of benzene rings is 1. The predicted molar refractivity (Wildman–Crippen MR) is 68.7 cm³/mol. The summed E-state index contributed by atoms with van der Waals surface area (Å²) in [7, 11) is 0. The molecule has 0 heterocycles. The molecule has 0 aliphatic heterocycles. The lowest BCUT2D eigenvalue weighted by molar-refractivity contribution is -0.133. The van der Waals surface area contributed by atoms with Crippen LogP contribution in [0.1, 0.15) is 13.8 Å². The van der Waals surface area contributed by atoms with E-state index in [1.807, 2.05) is 0 Å². The van der Waals surface area contributed by atoms with Crippen LogP contribution in [0.2, 0.25) is 0 Å². The highest BCUT2D eigenvalue weighted by molar-refractivity contribution is 9.10. The number of carboxylic acid groups (broad SMARTS) is 1. The molecule has 102 valence electrons. The molecular formula is C12H10BrF2NO3. The molecule has 4 nitrogen and oxygen atoms in total. The lowest BCUT2D eigenvalue weighted by Crippen LogP contribution is -2.17. The Bertz CT molecular complexity index is 561. The van der Waals surface area contributed by atoms with Gasteiger partial charge in [0.15, 0.2) is 5.82 Å². The van der Waals surface area contributed by atoms with Crippen molar-refractivity contribution in [2.45, 2.75) is 13.8 Å². The van der Waals surface area contributed by atoms with E-state index in [0.717, 1.165) is 6.07 Å². The molecule has 0 saturated carbocycles. The molecule has 0 radical (unpaired) electrons. The molecule has 0 fully saturated rings. The van der Waals surface area contributed by atoms with Crippen molar-refractivity contribution in [3.63, 3.8) is 0 Å². The molecule has 2 N–H and O–H groups in total. The van der Waals surface area contributed by atoms with Gasteiger partial charge >= 0.3 is 5.97 Å². The lowest BCUT2D eigenvalue weighted by atomic mass is 10.1. The van der Waals surface area contributed by atoms with Crippen molar-refractivity contribution >= 4 is 33.5 Å². The summed E-state index contributed by atoms with van der Waals surface area (Å²) >= 11 is 2.91. The van der Waals surface area contributed by atoms with Crippen LogP contribution in [0.3, 0.4) is 0 Å². The van der Waals surface area contributed by atoms with Crippen molar-refractivity contribution in [2.75, 3.05) is 5.32 Å². The highest BCUT2D eigenvalue weighted by Gasteiger charge is 2.16. The average molecular weight is 334 g/mol. The van der Waals surface area contributed by atoms with Gasteiger partial charge in [0.2, 0.25) is 0 Å². The second kappa shape index (κ2) is 5.92. The number of halogens is 3. The van der Waals surface area contributed by atoms with E-state index in [9.17, 15) is 18.4 Å². The minimum Gasteiger partial charge on any atom is -0.478 e. The number of hydrogen-bond donors (Lipinski definition) is 2. The Morgan fingerprint density at radius 2 is 1.79 bits per heavy atom. The first-order valence-corrected chi connectivity index (χ1v) is 5.90. The third kappa shape index (κ3) is 3.60. The number of nitrogens with one attached hydrogen (secondary N) is 1. The lowest BCUT2D eigenvalue weighted by Gasteiger charge is -2.10. The highest BCUT2D eigenvalue weighted by atomic mass is 79.9. The quantitative estimate of drug-likeness (QED) is 0.835. The van der Waals surface area contributed by atoms with E-state index < -0.39 is 23.5 Å². The topological polar surface area (TPSA) is 66.4 Å². The standard InChI is InChI=1S/C12H10BrF2NO3/c1-5(6(2)12(18)19)11(17)16-10-8(13)3-7(14)4-9(10)15/h3-4H,1-2H3,(H,16,17)(H,18,19). The molecule has 0 bridgehead atoms.